The van der Waals surface area contributed by atoms with Crippen LogP contribution >= 0.6 is 9.53 Å². The third-order valence-corrected chi connectivity index (χ3v) is 1.91. The quantitative estimate of drug-likeness (QED) is 0.602. The van der Waals surface area contributed by atoms with E-state index in [1.165, 1.54) is 0 Å². The molecule has 3 nitrogen and oxygen atoms in total. The van der Waals surface area contributed by atoms with Gasteiger partial charge in [-0.3, -0.25) is 0 Å². The van der Waals surface area contributed by atoms with Crippen molar-refractivity contribution in [2.24, 2.45) is 0 Å². The molecule has 0 amide bonds. The molecule has 0 saturated carbocycles. The minimum atomic E-state index is 0.854. The van der Waals surface area contributed by atoms with Crippen LogP contribution in [0.25, 0.3) is 0 Å². The van der Waals surface area contributed by atoms with Gasteiger partial charge in [-0.15, -0.1) is 12.1 Å². The van der Waals surface area contributed by atoms with Gasteiger partial charge in [-0.2, -0.15) is 18.2 Å². The van der Waals surface area contributed by atoms with Crippen LogP contribution in [0.4, 0.5) is 0 Å². The van der Waals surface area contributed by atoms with E-state index in [1.54, 1.807) is 13.2 Å². The fourth-order valence-electron chi connectivity index (χ4n) is 0.904. The summed E-state index contributed by atoms with van der Waals surface area (Å²) in [5.74, 6) is 0.854. The maximum absolute atomic E-state index is 4.88. The number of hydrogen-bond donors (Lipinski definition) is 0. The molecule has 0 radical (unpaired) electrons. The van der Waals surface area contributed by atoms with Crippen molar-refractivity contribution in [2.45, 2.75) is 0 Å². The topological polar surface area (TPSA) is 15.7 Å². The van der Waals surface area contributed by atoms with E-state index in [0.717, 1.165) is 18.8 Å². The first-order valence-electron chi connectivity index (χ1n) is 5.47. The van der Waals surface area contributed by atoms with Gasteiger partial charge < -0.3 is 14.5 Å². The van der Waals surface area contributed by atoms with Crippen molar-refractivity contribution in [1.82, 2.24) is 9.80 Å². The van der Waals surface area contributed by atoms with Crippen LogP contribution in [0, 0.1) is 6.07 Å². The van der Waals surface area contributed by atoms with E-state index in [1.807, 2.05) is 18.2 Å². The van der Waals surface area contributed by atoms with Gasteiger partial charge in [0.2, 0.25) is 0 Å². The molecule has 0 aliphatic heterocycles. The number of nitrogens with zero attached hydrogens (tertiary/aromatic N) is 2. The Labute approximate surface area is 126 Å². The van der Waals surface area contributed by atoms with E-state index in [0.29, 0.717) is 0 Å². The van der Waals surface area contributed by atoms with Crippen LogP contribution < -0.4 is 4.74 Å². The first-order valence-corrected chi connectivity index (χ1v) is 7.48. The molecule has 0 bridgehead atoms. The molecular formula is C13H23ClN2OPd. The first kappa shape index (κ1) is 20.2. The molecule has 0 unspecified atom stereocenters. The number of halogens is 1. The Morgan fingerprint density at radius 3 is 1.89 bits per heavy atom. The summed E-state index contributed by atoms with van der Waals surface area (Å²) in [6, 6.07) is 10.3. The fourth-order valence-corrected chi connectivity index (χ4v) is 0.904. The van der Waals surface area contributed by atoms with Crippen LogP contribution in [0.1, 0.15) is 0 Å². The molecule has 0 aliphatic carbocycles. The molecule has 108 valence electrons. The van der Waals surface area contributed by atoms with E-state index < -0.39 is 0 Å². The predicted molar refractivity (Wildman–Crippen MR) is 74.8 cm³/mol. The van der Waals surface area contributed by atoms with E-state index in [2.05, 4.69) is 71.8 Å². The van der Waals surface area contributed by atoms with Gasteiger partial charge in [-0.1, -0.05) is 0 Å². The number of rotatable bonds is 4. The molecule has 1 aromatic rings. The Morgan fingerprint density at radius 2 is 1.67 bits per heavy atom. The van der Waals surface area contributed by atoms with Crippen molar-refractivity contribution in [3.05, 3.63) is 30.3 Å². The molecule has 1 aromatic carbocycles. The van der Waals surface area contributed by atoms with Gasteiger partial charge in [-0.25, -0.2) is 0 Å². The SMILES string of the molecule is CN(C)CCN(C)C.COc1c[c-]ccc1.[Cl][Pd+]. The molecular weight excluding hydrogens is 342 g/mol. The second kappa shape index (κ2) is 15.0. The number of methoxy groups -OCH3 is 1. The predicted octanol–water partition coefficient (Wildman–Crippen LogP) is 2.29. The van der Waals surface area contributed by atoms with E-state index >= 15 is 0 Å². The molecule has 5 heteroatoms. The molecule has 0 aliphatic rings. The molecule has 0 fully saturated rings. The first-order chi connectivity index (χ1) is 8.56. The Morgan fingerprint density at radius 1 is 1.17 bits per heavy atom. The van der Waals surface area contributed by atoms with Gasteiger partial charge in [0.1, 0.15) is 0 Å². The summed E-state index contributed by atoms with van der Waals surface area (Å²) < 4.78 is 4.88. The maximum atomic E-state index is 4.88. The Kier molecular flexibility index (Phi) is 16.8. The third-order valence-electron chi connectivity index (χ3n) is 1.91. The van der Waals surface area contributed by atoms with Gasteiger partial charge in [0.05, 0.1) is 7.11 Å². The van der Waals surface area contributed by atoms with Crippen LogP contribution in [0.3, 0.4) is 0 Å². The summed E-state index contributed by atoms with van der Waals surface area (Å²) in [7, 11) is 14.5. The summed E-state index contributed by atoms with van der Waals surface area (Å²) in [6.45, 7) is 2.29. The Hall–Kier alpha value is -0.108. The summed E-state index contributed by atoms with van der Waals surface area (Å²) in [5.41, 5.74) is 0. The van der Waals surface area contributed by atoms with Crippen LogP contribution in [0.15, 0.2) is 24.3 Å². The molecule has 0 saturated heterocycles. The zero-order valence-electron chi connectivity index (χ0n) is 11.7. The van der Waals surface area contributed by atoms with Crippen molar-refractivity contribution in [3.63, 3.8) is 0 Å². The number of ether oxygens (including phenoxy) is 1. The van der Waals surface area contributed by atoms with Gasteiger partial charge in [0.25, 0.3) is 0 Å². The van der Waals surface area contributed by atoms with Crippen molar-refractivity contribution >= 4 is 9.53 Å². The van der Waals surface area contributed by atoms with Gasteiger partial charge in [-0.05, 0) is 28.2 Å². The summed E-state index contributed by atoms with van der Waals surface area (Å²) in [5, 5.41) is 0. The van der Waals surface area contributed by atoms with Crippen molar-refractivity contribution in [3.8, 4) is 5.75 Å². The zero-order chi connectivity index (χ0) is 14.4. The molecule has 0 heterocycles. The van der Waals surface area contributed by atoms with Crippen LogP contribution in [0.2, 0.25) is 0 Å². The van der Waals surface area contributed by atoms with Crippen LogP contribution in [-0.2, 0) is 18.2 Å². The molecule has 0 spiro atoms. The second-order valence-electron chi connectivity index (χ2n) is 4.05. The fraction of sp³-hybridized carbons (Fsp3) is 0.538. The molecule has 0 aromatic heterocycles. The Bertz CT molecular complexity index is 250. The Balaban J connectivity index is 0. The van der Waals surface area contributed by atoms with Crippen LogP contribution in [0.5, 0.6) is 5.75 Å². The standard InChI is InChI=1S/C7H7O.C6H16N2.ClH.Pd/c1-8-7-5-3-2-4-6-7;1-7(2)5-6-8(3)4;;/h2-3,5-6H,1H3;5-6H2,1-4H3;1H;/q-1;;;+2/p-1. The molecule has 0 atom stereocenters. The zero-order valence-corrected chi connectivity index (χ0v) is 14.0. The number of hydrogen-bond acceptors (Lipinski definition) is 3. The molecule has 18 heavy (non-hydrogen) atoms. The molecule has 1 rings (SSSR count). The van der Waals surface area contributed by atoms with E-state index in [9.17, 15) is 0 Å². The summed E-state index contributed by atoms with van der Waals surface area (Å²) in [4.78, 5) is 4.36. The van der Waals surface area contributed by atoms with Crippen LogP contribution in [-0.4, -0.2) is 58.2 Å². The average Bonchev–Trinajstić information content (AvgIpc) is 2.40. The van der Waals surface area contributed by atoms with E-state index in [-0.39, 0.29) is 0 Å². The number of benzene rings is 1. The van der Waals surface area contributed by atoms with Crippen molar-refractivity contribution < 1.29 is 22.9 Å². The third kappa shape index (κ3) is 15.9. The van der Waals surface area contributed by atoms with Gasteiger partial charge in [0.15, 0.2) is 0 Å². The number of likely N-dealkylation sites (N-methyl/N-ethyl adjacent to an activating group) is 2. The molecule has 0 N–H and O–H groups in total. The summed E-state index contributed by atoms with van der Waals surface area (Å²) >= 11 is 2.22. The monoisotopic (exact) mass is 364 g/mol. The average molecular weight is 365 g/mol. The second-order valence-corrected chi connectivity index (χ2v) is 4.05. The summed E-state index contributed by atoms with van der Waals surface area (Å²) in [6.07, 6.45) is 0. The van der Waals surface area contributed by atoms with Crippen molar-refractivity contribution in [2.75, 3.05) is 48.4 Å². The normalized spacial score (nSPS) is 9.22. The minimum absolute atomic E-state index is 0.854. The van der Waals surface area contributed by atoms with E-state index in [4.69, 9.17) is 4.74 Å². The van der Waals surface area contributed by atoms with Crippen molar-refractivity contribution in [1.29, 1.82) is 0 Å². The van der Waals surface area contributed by atoms with Gasteiger partial charge >= 0.3 is 27.7 Å². The van der Waals surface area contributed by atoms with Gasteiger partial charge in [0, 0.05) is 18.8 Å².